The van der Waals surface area contributed by atoms with Crippen LogP contribution in [0.5, 0.6) is 0 Å². The fourth-order valence-electron chi connectivity index (χ4n) is 9.54. The van der Waals surface area contributed by atoms with Gasteiger partial charge in [-0.05, 0) is 25.7 Å². The molecular formula is C60H120N2O4. The number of rotatable bonds is 57. The highest BCUT2D eigenvalue weighted by Gasteiger charge is 2.04. The molecule has 0 aromatic rings. The van der Waals surface area contributed by atoms with Gasteiger partial charge < -0.3 is 20.1 Å². The molecule has 0 spiro atoms. The van der Waals surface area contributed by atoms with Crippen LogP contribution in [0.1, 0.15) is 348 Å². The molecule has 394 valence electrons. The van der Waals surface area contributed by atoms with E-state index in [1.54, 1.807) is 0 Å². The predicted octanol–water partition coefficient (Wildman–Crippen LogP) is 20.8. The molecule has 0 rings (SSSR count). The Balaban J connectivity index is 3.21. The van der Waals surface area contributed by atoms with Crippen LogP contribution in [0.3, 0.4) is 0 Å². The lowest BCUT2D eigenvalue weighted by atomic mass is 10.0. The topological polar surface area (TPSA) is 76.7 Å². The normalized spacial score (nSPS) is 11.4. The first-order valence-corrected chi connectivity index (χ1v) is 30.5. The Kier molecular flexibility index (Phi) is 58.3. The predicted molar refractivity (Wildman–Crippen MR) is 290 cm³/mol. The molecule has 0 unspecified atom stereocenters. The number of unbranched alkanes of at least 4 members (excludes halogenated alkanes) is 49. The van der Waals surface area contributed by atoms with Gasteiger partial charge in [0.15, 0.2) is 0 Å². The standard InChI is InChI=1S/C60H120N2O4/c1-3-5-7-9-11-13-15-17-19-21-23-25-27-29-31-33-35-37-39-41-43-45-49-53-57-65-59(63)61-55-51-47-48-52-56-62-60(64)66-58-54-50-46-44-42-40-38-36-34-32-30-28-26-24-22-20-18-16-14-12-10-8-6-4-2/h3-58H2,1-2H3,(H,61,63)(H,62,64). The molecular weight excluding hydrogens is 813 g/mol. The number of carbonyl (C=O) groups is 2. The van der Waals surface area contributed by atoms with Crippen molar-refractivity contribution in [2.24, 2.45) is 0 Å². The Morgan fingerprint density at radius 2 is 0.379 bits per heavy atom. The molecule has 6 heteroatoms. The Morgan fingerprint density at radius 3 is 0.561 bits per heavy atom. The summed E-state index contributed by atoms with van der Waals surface area (Å²) in [5, 5.41) is 5.76. The van der Waals surface area contributed by atoms with Crippen LogP contribution in [0.2, 0.25) is 0 Å². The first-order valence-electron chi connectivity index (χ1n) is 30.5. The first kappa shape index (κ1) is 64.5. The van der Waals surface area contributed by atoms with Crippen molar-refractivity contribution in [1.29, 1.82) is 0 Å². The van der Waals surface area contributed by atoms with Crippen LogP contribution in [0.25, 0.3) is 0 Å². The first-order chi connectivity index (χ1) is 32.7. The number of carbonyl (C=O) groups excluding carboxylic acids is 2. The molecule has 0 aliphatic heterocycles. The highest BCUT2D eigenvalue weighted by atomic mass is 16.6. The minimum Gasteiger partial charge on any atom is -0.450 e. The van der Waals surface area contributed by atoms with Gasteiger partial charge in [-0.2, -0.15) is 0 Å². The van der Waals surface area contributed by atoms with Crippen LogP contribution < -0.4 is 10.6 Å². The number of ether oxygens (including phenoxy) is 2. The van der Waals surface area contributed by atoms with Gasteiger partial charge in [-0.25, -0.2) is 9.59 Å². The van der Waals surface area contributed by atoms with E-state index >= 15 is 0 Å². The van der Waals surface area contributed by atoms with Crippen LogP contribution in [0.4, 0.5) is 9.59 Å². The number of alkyl carbamates (subject to hydrolysis) is 2. The van der Waals surface area contributed by atoms with E-state index < -0.39 is 0 Å². The van der Waals surface area contributed by atoms with Crippen molar-refractivity contribution in [2.75, 3.05) is 26.3 Å². The molecule has 0 aromatic heterocycles. The summed E-state index contributed by atoms with van der Waals surface area (Å²) in [5.74, 6) is 0. The fourth-order valence-corrected chi connectivity index (χ4v) is 9.54. The monoisotopic (exact) mass is 933 g/mol. The summed E-state index contributed by atoms with van der Waals surface area (Å²) in [7, 11) is 0. The SMILES string of the molecule is CCCCCCCCCCCCCCCCCCCCCCCCCCOC(=O)NCCCCCCNC(=O)OCCCCCCCCCCCCCCCCCCCCCCCCCC. The Bertz CT molecular complexity index is 843. The van der Waals surface area contributed by atoms with Crippen molar-refractivity contribution < 1.29 is 19.1 Å². The van der Waals surface area contributed by atoms with Gasteiger partial charge in [0.1, 0.15) is 0 Å². The zero-order valence-electron chi connectivity index (χ0n) is 45.2. The summed E-state index contributed by atoms with van der Waals surface area (Å²) in [6, 6.07) is 0. The average Bonchev–Trinajstić information content (AvgIpc) is 3.32. The van der Waals surface area contributed by atoms with Gasteiger partial charge in [0.05, 0.1) is 13.2 Å². The molecule has 66 heavy (non-hydrogen) atoms. The molecule has 0 radical (unpaired) electrons. The molecule has 0 saturated carbocycles. The molecule has 0 heterocycles. The summed E-state index contributed by atoms with van der Waals surface area (Å²) in [5.41, 5.74) is 0. The second kappa shape index (κ2) is 59.7. The minimum atomic E-state index is -0.288. The van der Waals surface area contributed by atoms with Crippen LogP contribution in [-0.2, 0) is 9.47 Å². The van der Waals surface area contributed by atoms with Gasteiger partial charge in [0.2, 0.25) is 0 Å². The van der Waals surface area contributed by atoms with E-state index in [-0.39, 0.29) is 12.2 Å². The Labute approximate surface area is 414 Å². The number of hydrogen-bond donors (Lipinski definition) is 2. The van der Waals surface area contributed by atoms with E-state index in [1.807, 2.05) is 0 Å². The number of amides is 2. The smallest absolute Gasteiger partial charge is 0.407 e. The Hall–Kier alpha value is -1.46. The fraction of sp³-hybridized carbons (Fsp3) is 0.967. The van der Waals surface area contributed by atoms with Crippen LogP contribution in [-0.4, -0.2) is 38.5 Å². The molecule has 2 N–H and O–H groups in total. The molecule has 0 fully saturated rings. The molecule has 0 saturated heterocycles. The highest BCUT2D eigenvalue weighted by Crippen LogP contribution is 2.18. The van der Waals surface area contributed by atoms with Crippen molar-refractivity contribution in [2.45, 2.75) is 348 Å². The van der Waals surface area contributed by atoms with Crippen molar-refractivity contribution in [3.8, 4) is 0 Å². The summed E-state index contributed by atoms with van der Waals surface area (Å²) in [6.45, 7) is 6.93. The van der Waals surface area contributed by atoms with Crippen molar-refractivity contribution in [1.82, 2.24) is 10.6 Å². The van der Waals surface area contributed by atoms with Crippen LogP contribution >= 0.6 is 0 Å². The third-order valence-electron chi connectivity index (χ3n) is 14.1. The summed E-state index contributed by atoms with van der Waals surface area (Å²) < 4.78 is 10.7. The van der Waals surface area contributed by atoms with Crippen LogP contribution in [0.15, 0.2) is 0 Å². The lowest BCUT2D eigenvalue weighted by Gasteiger charge is -2.08. The van der Waals surface area contributed by atoms with Gasteiger partial charge in [0.25, 0.3) is 0 Å². The van der Waals surface area contributed by atoms with E-state index in [0.29, 0.717) is 26.3 Å². The van der Waals surface area contributed by atoms with E-state index in [9.17, 15) is 9.59 Å². The van der Waals surface area contributed by atoms with E-state index in [2.05, 4.69) is 24.5 Å². The second-order valence-corrected chi connectivity index (χ2v) is 20.8. The summed E-state index contributed by atoms with van der Waals surface area (Å²) in [4.78, 5) is 24.0. The van der Waals surface area contributed by atoms with E-state index in [0.717, 1.165) is 51.4 Å². The number of hydrogen-bond acceptors (Lipinski definition) is 4. The van der Waals surface area contributed by atoms with Gasteiger partial charge in [-0.1, -0.05) is 322 Å². The zero-order valence-corrected chi connectivity index (χ0v) is 45.2. The lowest BCUT2D eigenvalue weighted by molar-refractivity contribution is 0.142. The third kappa shape index (κ3) is 58.7. The maximum Gasteiger partial charge on any atom is 0.407 e. The Morgan fingerprint density at radius 1 is 0.227 bits per heavy atom. The molecule has 0 aliphatic carbocycles. The highest BCUT2D eigenvalue weighted by molar-refractivity contribution is 5.67. The quantitative estimate of drug-likeness (QED) is 0.0596. The molecule has 0 bridgehead atoms. The average molecular weight is 934 g/mol. The van der Waals surface area contributed by atoms with E-state index in [1.165, 1.54) is 283 Å². The van der Waals surface area contributed by atoms with Crippen molar-refractivity contribution >= 4 is 12.2 Å². The van der Waals surface area contributed by atoms with Crippen molar-refractivity contribution in [3.63, 3.8) is 0 Å². The lowest BCUT2D eigenvalue weighted by Crippen LogP contribution is -2.26. The van der Waals surface area contributed by atoms with E-state index in [4.69, 9.17) is 9.47 Å². The van der Waals surface area contributed by atoms with Gasteiger partial charge in [-0.3, -0.25) is 0 Å². The molecule has 2 amide bonds. The zero-order chi connectivity index (χ0) is 47.6. The maximum absolute atomic E-state index is 12.0. The maximum atomic E-state index is 12.0. The number of nitrogens with one attached hydrogen (secondary N) is 2. The van der Waals surface area contributed by atoms with Gasteiger partial charge >= 0.3 is 12.2 Å². The minimum absolute atomic E-state index is 0.288. The van der Waals surface area contributed by atoms with Gasteiger partial charge in [0, 0.05) is 13.1 Å². The van der Waals surface area contributed by atoms with Gasteiger partial charge in [-0.15, -0.1) is 0 Å². The molecule has 6 nitrogen and oxygen atoms in total. The van der Waals surface area contributed by atoms with Crippen LogP contribution in [0, 0.1) is 0 Å². The summed E-state index contributed by atoms with van der Waals surface area (Å²) in [6.07, 6.45) is 69.9. The summed E-state index contributed by atoms with van der Waals surface area (Å²) >= 11 is 0. The molecule has 0 aliphatic rings. The van der Waals surface area contributed by atoms with Crippen molar-refractivity contribution in [3.05, 3.63) is 0 Å². The molecule has 0 atom stereocenters. The molecule has 0 aromatic carbocycles. The second-order valence-electron chi connectivity index (χ2n) is 20.8. The third-order valence-corrected chi connectivity index (χ3v) is 14.1. The largest absolute Gasteiger partial charge is 0.450 e.